The van der Waals surface area contributed by atoms with Crippen molar-refractivity contribution in [1.29, 1.82) is 0 Å². The van der Waals surface area contributed by atoms with E-state index in [1.54, 1.807) is 18.0 Å². The first-order valence-electron chi connectivity index (χ1n) is 9.10. The first-order chi connectivity index (χ1) is 14.2. The zero-order valence-corrected chi connectivity index (χ0v) is 17.3. The van der Waals surface area contributed by atoms with E-state index in [-0.39, 0.29) is 5.91 Å². The quantitative estimate of drug-likeness (QED) is 0.374. The molecule has 1 amide bonds. The first-order valence-corrected chi connectivity index (χ1v) is 10.6. The molecule has 3 aromatic carbocycles. The molecule has 0 spiro atoms. The largest absolute Gasteiger partial charge is 0.489 e. The molecular formula is C23H21ClN2O2S. The third-order valence-corrected chi connectivity index (χ3v) is 5.35. The van der Waals surface area contributed by atoms with Crippen LogP contribution >= 0.6 is 23.4 Å². The van der Waals surface area contributed by atoms with Crippen molar-refractivity contribution in [2.45, 2.75) is 12.4 Å². The van der Waals surface area contributed by atoms with E-state index in [1.807, 2.05) is 78.9 Å². The molecule has 0 heterocycles. The van der Waals surface area contributed by atoms with Crippen molar-refractivity contribution < 1.29 is 9.53 Å². The molecule has 6 heteroatoms. The van der Waals surface area contributed by atoms with Crippen molar-refractivity contribution in [3.63, 3.8) is 0 Å². The van der Waals surface area contributed by atoms with Crippen molar-refractivity contribution >= 4 is 35.5 Å². The van der Waals surface area contributed by atoms with Crippen LogP contribution in [0.3, 0.4) is 0 Å². The minimum atomic E-state index is -0.123. The monoisotopic (exact) mass is 424 g/mol. The van der Waals surface area contributed by atoms with Crippen LogP contribution in [0.15, 0.2) is 84.0 Å². The van der Waals surface area contributed by atoms with Crippen molar-refractivity contribution in [2.75, 3.05) is 5.75 Å². The Bertz CT molecular complexity index is 947. The molecule has 3 rings (SSSR count). The number of thioether (sulfide) groups is 1. The Kier molecular flexibility index (Phi) is 8.16. The Morgan fingerprint density at radius 1 is 1.00 bits per heavy atom. The van der Waals surface area contributed by atoms with Crippen LogP contribution in [-0.4, -0.2) is 17.9 Å². The molecule has 3 aromatic rings. The molecule has 0 atom stereocenters. The van der Waals surface area contributed by atoms with Gasteiger partial charge in [-0.2, -0.15) is 5.10 Å². The number of carbonyl (C=O) groups is 1. The summed E-state index contributed by atoms with van der Waals surface area (Å²) in [4.78, 5) is 11.8. The molecule has 0 bridgehead atoms. The lowest BCUT2D eigenvalue weighted by molar-refractivity contribution is -0.118. The average molecular weight is 425 g/mol. The Labute approximate surface area is 179 Å². The van der Waals surface area contributed by atoms with E-state index in [1.165, 1.54) is 5.56 Å². The molecule has 0 unspecified atom stereocenters. The molecule has 0 aromatic heterocycles. The molecule has 0 aliphatic rings. The lowest BCUT2D eigenvalue weighted by Crippen LogP contribution is -2.19. The average Bonchev–Trinajstić information content (AvgIpc) is 2.75. The van der Waals surface area contributed by atoms with Crippen LogP contribution in [0, 0.1) is 0 Å². The van der Waals surface area contributed by atoms with E-state index >= 15 is 0 Å². The molecule has 1 N–H and O–H groups in total. The molecule has 29 heavy (non-hydrogen) atoms. The molecule has 0 radical (unpaired) electrons. The zero-order valence-electron chi connectivity index (χ0n) is 15.8. The first kappa shape index (κ1) is 21.0. The number of ether oxygens (including phenoxy) is 1. The number of carbonyl (C=O) groups excluding carboxylic acids is 1. The number of nitrogens with zero attached hydrogens (tertiary/aromatic N) is 1. The van der Waals surface area contributed by atoms with Crippen LogP contribution < -0.4 is 10.2 Å². The lowest BCUT2D eigenvalue weighted by atomic mass is 10.2. The summed E-state index contributed by atoms with van der Waals surface area (Å²) in [6.45, 7) is 0.407. The van der Waals surface area contributed by atoms with Gasteiger partial charge in [-0.25, -0.2) is 5.43 Å². The molecule has 0 saturated carbocycles. The Hall–Kier alpha value is -2.76. The van der Waals surface area contributed by atoms with Crippen LogP contribution in [0.5, 0.6) is 5.75 Å². The van der Waals surface area contributed by atoms with E-state index in [2.05, 4.69) is 10.5 Å². The van der Waals surface area contributed by atoms with Gasteiger partial charge in [-0.05, 0) is 41.5 Å². The molecule has 4 nitrogen and oxygen atoms in total. The smallest absolute Gasteiger partial charge is 0.250 e. The Balaban J connectivity index is 1.39. The third-order valence-electron chi connectivity index (χ3n) is 3.98. The Morgan fingerprint density at radius 2 is 1.72 bits per heavy atom. The summed E-state index contributed by atoms with van der Waals surface area (Å²) < 4.78 is 5.75. The number of hydrazone groups is 1. The van der Waals surface area contributed by atoms with Crippen LogP contribution in [0.4, 0.5) is 0 Å². The molecule has 0 fully saturated rings. The number of hydrogen-bond acceptors (Lipinski definition) is 4. The summed E-state index contributed by atoms with van der Waals surface area (Å²) in [5.74, 6) is 1.78. The van der Waals surface area contributed by atoms with Crippen molar-refractivity contribution in [3.05, 3.63) is 101 Å². The predicted octanol–water partition coefficient (Wildman–Crippen LogP) is 5.30. The Morgan fingerprint density at radius 3 is 2.48 bits per heavy atom. The zero-order chi connectivity index (χ0) is 20.3. The van der Waals surface area contributed by atoms with Gasteiger partial charge in [0.25, 0.3) is 0 Å². The van der Waals surface area contributed by atoms with Crippen LogP contribution in [0.1, 0.15) is 16.7 Å². The van der Waals surface area contributed by atoms with E-state index in [9.17, 15) is 4.79 Å². The fourth-order valence-electron chi connectivity index (χ4n) is 2.47. The second kappa shape index (κ2) is 11.3. The third kappa shape index (κ3) is 7.29. The highest BCUT2D eigenvalue weighted by Gasteiger charge is 2.02. The number of benzene rings is 3. The molecule has 0 saturated heterocycles. The summed E-state index contributed by atoms with van der Waals surface area (Å²) in [6.07, 6.45) is 1.61. The number of hydrogen-bond donors (Lipinski definition) is 1. The second-order valence-electron chi connectivity index (χ2n) is 6.22. The fraction of sp³-hybridized carbons (Fsp3) is 0.130. The number of nitrogens with one attached hydrogen (secondary N) is 1. The van der Waals surface area contributed by atoms with Crippen molar-refractivity contribution in [1.82, 2.24) is 5.43 Å². The topological polar surface area (TPSA) is 50.7 Å². The van der Waals surface area contributed by atoms with E-state index < -0.39 is 0 Å². The molecular weight excluding hydrogens is 404 g/mol. The van der Waals surface area contributed by atoms with Gasteiger partial charge in [0, 0.05) is 16.3 Å². The fourth-order valence-corrected chi connectivity index (χ4v) is 3.44. The molecule has 148 valence electrons. The van der Waals surface area contributed by atoms with Crippen LogP contribution in [0.25, 0.3) is 0 Å². The van der Waals surface area contributed by atoms with Gasteiger partial charge in [0.15, 0.2) is 0 Å². The summed E-state index contributed by atoms with van der Waals surface area (Å²) in [6, 6.07) is 25.1. The molecule has 0 aliphatic heterocycles. The second-order valence-corrected chi connectivity index (χ2v) is 7.61. The van der Waals surface area contributed by atoms with Gasteiger partial charge in [0.1, 0.15) is 12.4 Å². The maximum Gasteiger partial charge on any atom is 0.250 e. The minimum absolute atomic E-state index is 0.123. The van der Waals surface area contributed by atoms with Crippen molar-refractivity contribution in [3.8, 4) is 5.75 Å². The van der Waals surface area contributed by atoms with Gasteiger partial charge in [-0.15, -0.1) is 11.8 Å². The van der Waals surface area contributed by atoms with Gasteiger partial charge in [0.05, 0.1) is 12.0 Å². The number of amides is 1. The summed E-state index contributed by atoms with van der Waals surface area (Å²) in [5, 5.41) is 4.69. The highest BCUT2D eigenvalue weighted by atomic mass is 35.5. The highest BCUT2D eigenvalue weighted by Crippen LogP contribution is 2.18. The predicted molar refractivity (Wildman–Crippen MR) is 121 cm³/mol. The summed E-state index contributed by atoms with van der Waals surface area (Å²) >= 11 is 7.68. The SMILES string of the molecule is O=C(CSCc1ccccc1)NN=Cc1ccc(OCc2ccccc2Cl)cc1. The summed E-state index contributed by atoms with van der Waals surface area (Å²) in [5.41, 5.74) is 5.55. The van der Waals surface area contributed by atoms with Gasteiger partial charge in [-0.1, -0.05) is 60.1 Å². The van der Waals surface area contributed by atoms with E-state index in [4.69, 9.17) is 16.3 Å². The van der Waals surface area contributed by atoms with Crippen molar-refractivity contribution in [2.24, 2.45) is 5.10 Å². The number of rotatable bonds is 9. The maximum atomic E-state index is 11.8. The lowest BCUT2D eigenvalue weighted by Gasteiger charge is -2.07. The van der Waals surface area contributed by atoms with Crippen LogP contribution in [0.2, 0.25) is 5.02 Å². The highest BCUT2D eigenvalue weighted by molar-refractivity contribution is 7.99. The number of halogens is 1. The van der Waals surface area contributed by atoms with E-state index in [0.717, 1.165) is 22.6 Å². The summed E-state index contributed by atoms with van der Waals surface area (Å²) in [7, 11) is 0. The van der Waals surface area contributed by atoms with Gasteiger partial charge >= 0.3 is 0 Å². The normalized spacial score (nSPS) is 10.8. The van der Waals surface area contributed by atoms with E-state index in [0.29, 0.717) is 17.4 Å². The van der Waals surface area contributed by atoms with Gasteiger partial charge in [-0.3, -0.25) is 4.79 Å². The molecule has 0 aliphatic carbocycles. The van der Waals surface area contributed by atoms with Gasteiger partial charge < -0.3 is 4.74 Å². The standard InChI is InChI=1S/C23H21ClN2O2S/c24-22-9-5-4-8-20(22)15-28-21-12-10-18(11-13-21)14-25-26-23(27)17-29-16-19-6-2-1-3-7-19/h1-14H,15-17H2,(H,26,27). The van der Waals surface area contributed by atoms with Gasteiger partial charge in [0.2, 0.25) is 5.91 Å². The maximum absolute atomic E-state index is 11.8. The van der Waals surface area contributed by atoms with Crippen LogP contribution in [-0.2, 0) is 17.2 Å². The minimum Gasteiger partial charge on any atom is -0.489 e.